The minimum atomic E-state index is -0.362. The number of carbonyl (C=O) groups excluding carboxylic acids is 1. The highest BCUT2D eigenvalue weighted by molar-refractivity contribution is 9.11. The van der Waals surface area contributed by atoms with Gasteiger partial charge >= 0.3 is 0 Å². The summed E-state index contributed by atoms with van der Waals surface area (Å²) < 4.78 is 11.8. The molecule has 0 saturated carbocycles. The van der Waals surface area contributed by atoms with Gasteiger partial charge in [0.25, 0.3) is 5.91 Å². The lowest BCUT2D eigenvalue weighted by molar-refractivity contribution is -0.0148. The summed E-state index contributed by atoms with van der Waals surface area (Å²) in [6.45, 7) is 3.68. The Morgan fingerprint density at radius 1 is 1.72 bits per heavy atom. The van der Waals surface area contributed by atoms with Crippen molar-refractivity contribution in [3.05, 3.63) is 20.3 Å². The average molecular weight is 334 g/mol. The molecule has 18 heavy (non-hydrogen) atoms. The van der Waals surface area contributed by atoms with Crippen LogP contribution in [0.4, 0.5) is 0 Å². The molecule has 2 heterocycles. The van der Waals surface area contributed by atoms with E-state index in [2.05, 4.69) is 21.2 Å². The number of hydrogen-bond acceptors (Lipinski definition) is 4. The van der Waals surface area contributed by atoms with Crippen molar-refractivity contribution >= 4 is 33.2 Å². The van der Waals surface area contributed by atoms with Crippen LogP contribution >= 0.6 is 27.3 Å². The number of methoxy groups -OCH3 is 1. The molecule has 1 aromatic heterocycles. The summed E-state index contributed by atoms with van der Waals surface area (Å²) in [4.78, 5) is 12.7. The maximum absolute atomic E-state index is 12.0. The number of aryl methyl sites for hydroxylation is 1. The second-order valence-corrected chi connectivity index (χ2v) is 6.81. The van der Waals surface area contributed by atoms with Gasteiger partial charge in [-0.25, -0.2) is 0 Å². The predicted octanol–water partition coefficient (Wildman–Crippen LogP) is 2.35. The Kier molecular flexibility index (Phi) is 4.42. The van der Waals surface area contributed by atoms with E-state index in [1.807, 2.05) is 13.0 Å². The molecule has 1 unspecified atom stereocenters. The summed E-state index contributed by atoms with van der Waals surface area (Å²) >= 11 is 4.86. The highest BCUT2D eigenvalue weighted by Crippen LogP contribution is 2.27. The van der Waals surface area contributed by atoms with Gasteiger partial charge in [-0.2, -0.15) is 0 Å². The van der Waals surface area contributed by atoms with Crippen molar-refractivity contribution in [2.75, 3.05) is 26.9 Å². The zero-order chi connectivity index (χ0) is 13.2. The highest BCUT2D eigenvalue weighted by atomic mass is 79.9. The second kappa shape index (κ2) is 5.69. The lowest BCUT2D eigenvalue weighted by Gasteiger charge is -2.25. The Bertz CT molecular complexity index is 421. The third-order valence-corrected chi connectivity index (χ3v) is 5.29. The normalized spacial score (nSPS) is 23.3. The number of ether oxygens (including phenoxy) is 2. The van der Waals surface area contributed by atoms with E-state index in [1.165, 1.54) is 11.3 Å². The standard InChI is InChI=1S/C12H16BrNO3S/c1-8-5-9(18-10(8)13)11(15)14-6-12(16-2)3-4-17-7-12/h5H,3-4,6-7H2,1-2H3,(H,14,15). The van der Waals surface area contributed by atoms with Gasteiger partial charge in [0.15, 0.2) is 0 Å². The Hall–Kier alpha value is -0.430. The van der Waals surface area contributed by atoms with Gasteiger partial charge in [-0.05, 0) is 34.5 Å². The van der Waals surface area contributed by atoms with Crippen molar-refractivity contribution in [2.24, 2.45) is 0 Å². The maximum atomic E-state index is 12.0. The van der Waals surface area contributed by atoms with Gasteiger partial charge in [0.2, 0.25) is 0 Å². The molecule has 0 spiro atoms. The molecule has 2 rings (SSSR count). The largest absolute Gasteiger partial charge is 0.378 e. The Morgan fingerprint density at radius 2 is 2.50 bits per heavy atom. The lowest BCUT2D eigenvalue weighted by atomic mass is 10.0. The van der Waals surface area contributed by atoms with Crippen LogP contribution in [0.1, 0.15) is 21.7 Å². The number of halogens is 1. The van der Waals surface area contributed by atoms with Gasteiger partial charge in [-0.1, -0.05) is 0 Å². The number of nitrogens with one attached hydrogen (secondary N) is 1. The third kappa shape index (κ3) is 2.93. The topological polar surface area (TPSA) is 47.6 Å². The monoisotopic (exact) mass is 333 g/mol. The van der Waals surface area contributed by atoms with Crippen LogP contribution in [0.5, 0.6) is 0 Å². The van der Waals surface area contributed by atoms with Crippen LogP contribution < -0.4 is 5.32 Å². The fraction of sp³-hybridized carbons (Fsp3) is 0.583. The van der Waals surface area contributed by atoms with E-state index in [1.54, 1.807) is 7.11 Å². The quantitative estimate of drug-likeness (QED) is 0.920. The summed E-state index contributed by atoms with van der Waals surface area (Å²) in [6.07, 6.45) is 0.816. The molecule has 0 aliphatic carbocycles. The number of carbonyl (C=O) groups is 1. The Balaban J connectivity index is 1.95. The summed E-state index contributed by atoms with van der Waals surface area (Å²) in [6, 6.07) is 1.88. The summed E-state index contributed by atoms with van der Waals surface area (Å²) in [5, 5.41) is 2.92. The molecule has 1 N–H and O–H groups in total. The number of thiophene rings is 1. The van der Waals surface area contributed by atoms with E-state index in [-0.39, 0.29) is 11.5 Å². The van der Waals surface area contributed by atoms with Gasteiger partial charge in [0.1, 0.15) is 5.60 Å². The first-order valence-electron chi connectivity index (χ1n) is 5.73. The van der Waals surface area contributed by atoms with E-state index in [0.717, 1.165) is 15.8 Å². The van der Waals surface area contributed by atoms with E-state index in [9.17, 15) is 4.79 Å². The maximum Gasteiger partial charge on any atom is 0.261 e. The van der Waals surface area contributed by atoms with Gasteiger partial charge in [0, 0.05) is 26.7 Å². The average Bonchev–Trinajstić information content (AvgIpc) is 2.95. The smallest absolute Gasteiger partial charge is 0.261 e. The minimum Gasteiger partial charge on any atom is -0.378 e. The number of rotatable bonds is 4. The summed E-state index contributed by atoms with van der Waals surface area (Å²) in [7, 11) is 1.66. The fourth-order valence-corrected chi connectivity index (χ4v) is 3.31. The van der Waals surface area contributed by atoms with Gasteiger partial charge in [0.05, 0.1) is 15.3 Å². The first-order valence-corrected chi connectivity index (χ1v) is 7.34. The zero-order valence-corrected chi connectivity index (χ0v) is 12.8. The van der Waals surface area contributed by atoms with Crippen LogP contribution in [-0.2, 0) is 9.47 Å². The molecule has 6 heteroatoms. The van der Waals surface area contributed by atoms with Gasteiger partial charge < -0.3 is 14.8 Å². The van der Waals surface area contributed by atoms with Crippen LogP contribution in [-0.4, -0.2) is 38.4 Å². The van der Waals surface area contributed by atoms with Crippen molar-refractivity contribution in [1.29, 1.82) is 0 Å². The first kappa shape index (κ1) is 14.0. The van der Waals surface area contributed by atoms with Crippen LogP contribution in [0.2, 0.25) is 0 Å². The Labute approximate surface area is 119 Å². The zero-order valence-electron chi connectivity index (χ0n) is 10.4. The molecular weight excluding hydrogens is 318 g/mol. The van der Waals surface area contributed by atoms with Crippen molar-refractivity contribution in [3.8, 4) is 0 Å². The summed E-state index contributed by atoms with van der Waals surface area (Å²) in [5.41, 5.74) is 0.718. The van der Waals surface area contributed by atoms with Crippen LogP contribution in [0.15, 0.2) is 9.85 Å². The van der Waals surface area contributed by atoms with E-state index in [0.29, 0.717) is 24.6 Å². The van der Waals surface area contributed by atoms with Crippen molar-refractivity contribution in [1.82, 2.24) is 5.32 Å². The van der Waals surface area contributed by atoms with Crippen molar-refractivity contribution in [2.45, 2.75) is 18.9 Å². The van der Waals surface area contributed by atoms with Crippen LogP contribution in [0.25, 0.3) is 0 Å². The van der Waals surface area contributed by atoms with Gasteiger partial charge in [-0.15, -0.1) is 11.3 Å². The first-order chi connectivity index (χ1) is 8.56. The van der Waals surface area contributed by atoms with Crippen molar-refractivity contribution in [3.63, 3.8) is 0 Å². The molecule has 1 fully saturated rings. The molecule has 0 aromatic carbocycles. The third-order valence-electron chi connectivity index (χ3n) is 3.15. The second-order valence-electron chi connectivity index (χ2n) is 4.44. The molecule has 1 atom stereocenters. The minimum absolute atomic E-state index is 0.0582. The molecule has 0 radical (unpaired) electrons. The molecule has 4 nitrogen and oxygen atoms in total. The fourth-order valence-electron chi connectivity index (χ4n) is 1.86. The van der Waals surface area contributed by atoms with E-state index in [4.69, 9.17) is 9.47 Å². The van der Waals surface area contributed by atoms with E-state index >= 15 is 0 Å². The number of amides is 1. The predicted molar refractivity (Wildman–Crippen MR) is 74.3 cm³/mol. The van der Waals surface area contributed by atoms with Crippen molar-refractivity contribution < 1.29 is 14.3 Å². The molecular formula is C12H16BrNO3S. The van der Waals surface area contributed by atoms with E-state index < -0.39 is 0 Å². The van der Waals surface area contributed by atoms with Crippen LogP contribution in [0, 0.1) is 6.92 Å². The van der Waals surface area contributed by atoms with Gasteiger partial charge in [-0.3, -0.25) is 4.79 Å². The molecule has 1 aliphatic rings. The Morgan fingerprint density at radius 3 is 3.00 bits per heavy atom. The molecule has 0 bridgehead atoms. The molecule has 1 saturated heterocycles. The van der Waals surface area contributed by atoms with Crippen LogP contribution in [0.3, 0.4) is 0 Å². The summed E-state index contributed by atoms with van der Waals surface area (Å²) in [5.74, 6) is -0.0582. The number of hydrogen-bond donors (Lipinski definition) is 1. The SMILES string of the molecule is COC1(CNC(=O)c2cc(C)c(Br)s2)CCOC1. The molecule has 1 aromatic rings. The molecule has 1 amide bonds. The lowest BCUT2D eigenvalue weighted by Crippen LogP contribution is -2.44. The molecule has 100 valence electrons. The molecule has 1 aliphatic heterocycles. The highest BCUT2D eigenvalue weighted by Gasteiger charge is 2.35.